The number of amides is 2. The van der Waals surface area contributed by atoms with E-state index in [0.29, 0.717) is 57.2 Å². The highest BCUT2D eigenvalue weighted by Crippen LogP contribution is 2.50. The van der Waals surface area contributed by atoms with E-state index in [4.69, 9.17) is 5.73 Å². The van der Waals surface area contributed by atoms with E-state index in [9.17, 15) is 27.2 Å². The van der Waals surface area contributed by atoms with Crippen LogP contribution in [0.25, 0.3) is 0 Å². The molecule has 4 rings (SSSR count). The number of carbonyl (C=O) groups excluding carboxylic acids is 2. The molecule has 0 bridgehead atoms. The summed E-state index contributed by atoms with van der Waals surface area (Å²) < 4.78 is 53.6. The maximum Gasteiger partial charge on any atom is 0.416 e. The van der Waals surface area contributed by atoms with Crippen molar-refractivity contribution in [3.05, 3.63) is 35.1 Å². The van der Waals surface area contributed by atoms with Gasteiger partial charge in [-0.3, -0.25) is 9.59 Å². The van der Waals surface area contributed by atoms with E-state index in [1.807, 2.05) is 0 Å². The van der Waals surface area contributed by atoms with Gasteiger partial charge in [0.2, 0.25) is 11.8 Å². The number of rotatable bonds is 6. The fraction of sp³-hybridized carbons (Fsp3) is 0.680. The Balaban J connectivity index is 1.52. The maximum absolute atomic E-state index is 14.7. The Bertz CT molecular complexity index is 902. The number of hydrogen-bond acceptors (Lipinski definition) is 3. The summed E-state index contributed by atoms with van der Waals surface area (Å²) in [6, 6.07) is 1.67. The number of nitrogens with one attached hydrogen (secondary N) is 1. The molecular formula is C25H33F4N3O2. The van der Waals surface area contributed by atoms with Crippen LogP contribution in [-0.4, -0.2) is 41.9 Å². The topological polar surface area (TPSA) is 75.4 Å². The molecule has 1 atom stereocenters. The number of benzene rings is 1. The smallest absolute Gasteiger partial charge is 0.344 e. The standard InChI is InChI=1S/C25H33F4N3O2/c26-20-15-17(25(27,28)29)6-7-19(20)24(10-11-24)23(34)31-21(14-16-4-2-1-3-5-16)22(33)32-12-8-18(30)9-13-32/h6-7,15-16,18,21H,1-5,8-14,30H2,(H,31,34)/t21-/m0/s1. The second-order valence-electron chi connectivity index (χ2n) is 10.2. The predicted octanol–water partition coefficient (Wildman–Crippen LogP) is 4.28. The first-order chi connectivity index (χ1) is 16.1. The molecule has 1 aliphatic heterocycles. The summed E-state index contributed by atoms with van der Waals surface area (Å²) in [5, 5.41) is 2.90. The third-order valence-corrected chi connectivity index (χ3v) is 7.75. The van der Waals surface area contributed by atoms with E-state index in [-0.39, 0.29) is 17.5 Å². The average Bonchev–Trinajstić information content (AvgIpc) is 3.60. The number of halogens is 4. The molecule has 3 aliphatic rings. The van der Waals surface area contributed by atoms with Crippen molar-refractivity contribution in [1.29, 1.82) is 0 Å². The van der Waals surface area contributed by atoms with Gasteiger partial charge >= 0.3 is 6.18 Å². The van der Waals surface area contributed by atoms with Gasteiger partial charge in [-0.25, -0.2) is 4.39 Å². The molecule has 0 aromatic heterocycles. The summed E-state index contributed by atoms with van der Waals surface area (Å²) in [5.74, 6) is -1.33. The fourth-order valence-corrected chi connectivity index (χ4v) is 5.44. The third kappa shape index (κ3) is 5.39. The largest absolute Gasteiger partial charge is 0.416 e. The Morgan fingerprint density at radius 3 is 2.29 bits per heavy atom. The zero-order valence-corrected chi connectivity index (χ0v) is 19.3. The van der Waals surface area contributed by atoms with Crippen LogP contribution in [0.1, 0.15) is 75.3 Å². The number of nitrogens with two attached hydrogens (primary N) is 1. The SMILES string of the molecule is NC1CCN(C(=O)[C@H](CC2CCCCC2)NC(=O)C2(c3ccc(C(F)(F)F)cc3F)CC2)CC1. The Morgan fingerprint density at radius 2 is 1.74 bits per heavy atom. The lowest BCUT2D eigenvalue weighted by atomic mass is 9.84. The Morgan fingerprint density at radius 1 is 1.09 bits per heavy atom. The Kier molecular flexibility index (Phi) is 7.22. The van der Waals surface area contributed by atoms with Crippen molar-refractivity contribution in [2.45, 2.75) is 87.9 Å². The van der Waals surface area contributed by atoms with Crippen LogP contribution >= 0.6 is 0 Å². The van der Waals surface area contributed by atoms with Crippen molar-refractivity contribution in [2.75, 3.05) is 13.1 Å². The first-order valence-corrected chi connectivity index (χ1v) is 12.3. The molecule has 5 nitrogen and oxygen atoms in total. The van der Waals surface area contributed by atoms with Crippen molar-refractivity contribution in [3.8, 4) is 0 Å². The molecule has 1 saturated heterocycles. The molecule has 2 amide bonds. The number of carbonyl (C=O) groups is 2. The third-order valence-electron chi connectivity index (χ3n) is 7.75. The van der Waals surface area contributed by atoms with Crippen LogP contribution in [0.4, 0.5) is 17.6 Å². The van der Waals surface area contributed by atoms with E-state index < -0.39 is 34.9 Å². The van der Waals surface area contributed by atoms with Crippen LogP contribution in [0, 0.1) is 11.7 Å². The molecule has 1 aromatic rings. The van der Waals surface area contributed by atoms with Gasteiger partial charge in [-0.05, 0) is 50.2 Å². The monoisotopic (exact) mass is 483 g/mol. The van der Waals surface area contributed by atoms with Gasteiger partial charge in [0.25, 0.3) is 0 Å². The Hall–Kier alpha value is -2.16. The van der Waals surface area contributed by atoms with Gasteiger partial charge in [-0.2, -0.15) is 13.2 Å². The minimum Gasteiger partial charge on any atom is -0.344 e. The van der Waals surface area contributed by atoms with Crippen LogP contribution in [0.2, 0.25) is 0 Å². The highest BCUT2D eigenvalue weighted by atomic mass is 19.4. The van der Waals surface area contributed by atoms with Crippen molar-refractivity contribution in [1.82, 2.24) is 10.2 Å². The number of hydrogen-bond donors (Lipinski definition) is 2. The molecule has 0 unspecified atom stereocenters. The van der Waals surface area contributed by atoms with Crippen LogP contribution in [0.15, 0.2) is 18.2 Å². The van der Waals surface area contributed by atoms with E-state index in [1.165, 1.54) is 6.42 Å². The lowest BCUT2D eigenvalue weighted by Crippen LogP contribution is -2.54. The van der Waals surface area contributed by atoms with Gasteiger partial charge in [0.05, 0.1) is 11.0 Å². The molecule has 9 heteroatoms. The number of nitrogens with zero attached hydrogens (tertiary/aromatic N) is 1. The van der Waals surface area contributed by atoms with Gasteiger partial charge < -0.3 is 16.0 Å². The van der Waals surface area contributed by atoms with Crippen LogP contribution < -0.4 is 11.1 Å². The number of alkyl halides is 3. The van der Waals surface area contributed by atoms with Crippen molar-refractivity contribution in [3.63, 3.8) is 0 Å². The number of likely N-dealkylation sites (tertiary alicyclic amines) is 1. The summed E-state index contributed by atoms with van der Waals surface area (Å²) in [4.78, 5) is 28.5. The van der Waals surface area contributed by atoms with Crippen molar-refractivity contribution < 1.29 is 27.2 Å². The highest BCUT2D eigenvalue weighted by Gasteiger charge is 2.54. The maximum atomic E-state index is 14.7. The summed E-state index contributed by atoms with van der Waals surface area (Å²) >= 11 is 0. The number of piperidine rings is 1. The quantitative estimate of drug-likeness (QED) is 0.593. The molecule has 2 aliphatic carbocycles. The second-order valence-corrected chi connectivity index (χ2v) is 10.2. The first kappa shape index (κ1) is 24.9. The summed E-state index contributed by atoms with van der Waals surface area (Å²) in [5.41, 5.74) is 3.63. The van der Waals surface area contributed by atoms with Crippen molar-refractivity contribution >= 4 is 11.8 Å². The highest BCUT2D eigenvalue weighted by molar-refractivity contribution is 5.95. The Labute approximate surface area is 197 Å². The summed E-state index contributed by atoms with van der Waals surface area (Å²) in [7, 11) is 0. The molecule has 1 aromatic carbocycles. The molecule has 1 heterocycles. The van der Waals surface area contributed by atoms with E-state index in [0.717, 1.165) is 37.8 Å². The summed E-state index contributed by atoms with van der Waals surface area (Å²) in [6.45, 7) is 1.07. The lowest BCUT2D eigenvalue weighted by molar-refractivity contribution is -0.138. The van der Waals surface area contributed by atoms with Crippen LogP contribution in [0.5, 0.6) is 0 Å². The molecule has 188 valence electrons. The minimum absolute atomic E-state index is 0.0363. The van der Waals surface area contributed by atoms with Gasteiger partial charge in [0, 0.05) is 24.7 Å². The van der Waals surface area contributed by atoms with Gasteiger partial charge in [-0.15, -0.1) is 0 Å². The fourth-order valence-electron chi connectivity index (χ4n) is 5.44. The van der Waals surface area contributed by atoms with Gasteiger partial charge in [0.1, 0.15) is 11.9 Å². The molecule has 3 fully saturated rings. The predicted molar refractivity (Wildman–Crippen MR) is 119 cm³/mol. The molecular weight excluding hydrogens is 450 g/mol. The van der Waals surface area contributed by atoms with Crippen LogP contribution in [0.3, 0.4) is 0 Å². The van der Waals surface area contributed by atoms with Gasteiger partial charge in [-0.1, -0.05) is 38.2 Å². The van der Waals surface area contributed by atoms with E-state index in [1.54, 1.807) is 4.90 Å². The van der Waals surface area contributed by atoms with Crippen molar-refractivity contribution in [2.24, 2.45) is 11.7 Å². The average molecular weight is 484 g/mol. The normalized spacial score (nSPS) is 22.3. The zero-order chi connectivity index (χ0) is 24.5. The molecule has 0 spiro atoms. The van der Waals surface area contributed by atoms with E-state index in [2.05, 4.69) is 5.32 Å². The minimum atomic E-state index is -4.66. The first-order valence-electron chi connectivity index (χ1n) is 12.3. The molecule has 2 saturated carbocycles. The summed E-state index contributed by atoms with van der Waals surface area (Å²) in [6.07, 6.45) is 3.32. The lowest BCUT2D eigenvalue weighted by Gasteiger charge is -2.35. The van der Waals surface area contributed by atoms with E-state index >= 15 is 0 Å². The molecule has 0 radical (unpaired) electrons. The van der Waals surface area contributed by atoms with Gasteiger partial charge in [0.15, 0.2) is 0 Å². The second kappa shape index (κ2) is 9.84. The molecule has 3 N–H and O–H groups in total. The van der Waals surface area contributed by atoms with Crippen LogP contribution in [-0.2, 0) is 21.2 Å². The molecule has 34 heavy (non-hydrogen) atoms. The zero-order valence-electron chi connectivity index (χ0n) is 19.3.